The smallest absolute Gasteiger partial charge is 0.306 e. The molecule has 0 amide bonds. The second kappa shape index (κ2) is 5.20. The molecule has 6 heteroatoms. The Morgan fingerprint density at radius 2 is 2.25 bits per heavy atom. The van der Waals surface area contributed by atoms with Gasteiger partial charge in [0.2, 0.25) is 5.82 Å². The van der Waals surface area contributed by atoms with E-state index in [4.69, 9.17) is 0 Å². The molecule has 0 radical (unpaired) electrons. The third-order valence-corrected chi connectivity index (χ3v) is 4.53. The molecule has 1 aliphatic rings. The number of benzene rings is 1. The van der Waals surface area contributed by atoms with E-state index < -0.39 is 16.4 Å². The molecule has 1 atom stereocenters. The lowest BCUT2D eigenvalue weighted by atomic mass is 9.94. The molecule has 1 unspecified atom stereocenters. The first-order chi connectivity index (χ1) is 9.65. The fourth-order valence-corrected chi connectivity index (χ4v) is 3.57. The molecule has 2 aromatic rings. The predicted molar refractivity (Wildman–Crippen MR) is 76.7 cm³/mol. The van der Waals surface area contributed by atoms with Gasteiger partial charge in [-0.25, -0.2) is 0 Å². The molecule has 3 rings (SSSR count). The van der Waals surface area contributed by atoms with Gasteiger partial charge >= 0.3 is 5.69 Å². The summed E-state index contributed by atoms with van der Waals surface area (Å²) in [6.45, 7) is 0. The number of hydrogen-bond acceptors (Lipinski definition) is 4. The normalized spacial score (nSPS) is 17.6. The maximum Gasteiger partial charge on any atom is 0.306 e. The summed E-state index contributed by atoms with van der Waals surface area (Å²) in [5.41, 5.74) is 1.35. The number of fused-ring (bicyclic) bond motifs is 1. The maximum atomic E-state index is 13.3. The molecule has 0 aliphatic heterocycles. The van der Waals surface area contributed by atoms with Gasteiger partial charge in [-0.1, -0.05) is 0 Å². The average Bonchev–Trinajstić information content (AvgIpc) is 2.90. The molecule has 0 fully saturated rings. The van der Waals surface area contributed by atoms with Crippen molar-refractivity contribution in [2.75, 3.05) is 5.32 Å². The number of aryl methyl sites for hydroxylation is 1. The van der Waals surface area contributed by atoms with E-state index in [0.29, 0.717) is 5.69 Å². The van der Waals surface area contributed by atoms with Crippen molar-refractivity contribution in [1.82, 2.24) is 0 Å². The molecule has 4 nitrogen and oxygen atoms in total. The van der Waals surface area contributed by atoms with E-state index in [-0.39, 0.29) is 6.04 Å². The number of nitrogens with one attached hydrogen (secondary N) is 1. The molecule has 1 heterocycles. The third kappa shape index (κ3) is 2.38. The van der Waals surface area contributed by atoms with Gasteiger partial charge < -0.3 is 5.32 Å². The fourth-order valence-electron chi connectivity index (χ4n) is 2.58. The van der Waals surface area contributed by atoms with Crippen molar-refractivity contribution in [2.24, 2.45) is 0 Å². The summed E-state index contributed by atoms with van der Waals surface area (Å²) in [7, 11) is 0. The van der Waals surface area contributed by atoms with Crippen LogP contribution in [0, 0.1) is 15.9 Å². The van der Waals surface area contributed by atoms with Crippen molar-refractivity contribution in [3.8, 4) is 0 Å². The van der Waals surface area contributed by atoms with Crippen LogP contribution in [0.2, 0.25) is 0 Å². The van der Waals surface area contributed by atoms with E-state index in [1.807, 2.05) is 0 Å². The van der Waals surface area contributed by atoms with Crippen molar-refractivity contribution in [2.45, 2.75) is 25.3 Å². The number of thiophene rings is 1. The number of halogens is 1. The van der Waals surface area contributed by atoms with Gasteiger partial charge in [0.1, 0.15) is 0 Å². The van der Waals surface area contributed by atoms with Crippen LogP contribution in [0.4, 0.5) is 15.8 Å². The van der Waals surface area contributed by atoms with Crippen LogP contribution in [0.25, 0.3) is 0 Å². The lowest BCUT2D eigenvalue weighted by Gasteiger charge is -2.24. The monoisotopic (exact) mass is 292 g/mol. The Labute approximate surface area is 119 Å². The highest BCUT2D eigenvalue weighted by atomic mass is 32.1. The summed E-state index contributed by atoms with van der Waals surface area (Å²) >= 11 is 1.74. The summed E-state index contributed by atoms with van der Waals surface area (Å²) in [6, 6.07) is 6.18. The van der Waals surface area contributed by atoms with Gasteiger partial charge in [0.05, 0.1) is 11.0 Å². The molecule has 1 aliphatic carbocycles. The van der Waals surface area contributed by atoms with Crippen molar-refractivity contribution >= 4 is 22.7 Å². The predicted octanol–water partition coefficient (Wildman–Crippen LogP) is 4.28. The van der Waals surface area contributed by atoms with E-state index in [1.54, 1.807) is 17.4 Å². The van der Waals surface area contributed by atoms with E-state index in [9.17, 15) is 14.5 Å². The second-order valence-electron chi connectivity index (χ2n) is 4.81. The van der Waals surface area contributed by atoms with Gasteiger partial charge in [0.25, 0.3) is 0 Å². The van der Waals surface area contributed by atoms with Crippen LogP contribution in [0.15, 0.2) is 29.6 Å². The summed E-state index contributed by atoms with van der Waals surface area (Å²) in [5, 5.41) is 16.1. The van der Waals surface area contributed by atoms with Gasteiger partial charge in [-0.15, -0.1) is 11.3 Å². The van der Waals surface area contributed by atoms with Crippen molar-refractivity contribution in [1.29, 1.82) is 0 Å². The minimum Gasteiger partial charge on any atom is -0.378 e. The Morgan fingerprint density at radius 3 is 3.05 bits per heavy atom. The van der Waals surface area contributed by atoms with Gasteiger partial charge in [-0.2, -0.15) is 4.39 Å². The number of rotatable bonds is 3. The quantitative estimate of drug-likeness (QED) is 0.678. The van der Waals surface area contributed by atoms with E-state index in [0.717, 1.165) is 25.3 Å². The van der Waals surface area contributed by atoms with Crippen molar-refractivity contribution < 1.29 is 9.31 Å². The van der Waals surface area contributed by atoms with E-state index >= 15 is 0 Å². The summed E-state index contributed by atoms with van der Waals surface area (Å²) in [6.07, 6.45) is 3.16. The van der Waals surface area contributed by atoms with E-state index in [1.165, 1.54) is 16.5 Å². The number of nitro benzene ring substituents is 1. The van der Waals surface area contributed by atoms with Crippen molar-refractivity contribution in [3.05, 3.63) is 56.0 Å². The van der Waals surface area contributed by atoms with Crippen LogP contribution in [0.5, 0.6) is 0 Å². The number of nitrogens with zero attached hydrogens (tertiary/aromatic N) is 1. The summed E-state index contributed by atoms with van der Waals surface area (Å²) in [4.78, 5) is 11.4. The highest BCUT2D eigenvalue weighted by Crippen LogP contribution is 2.36. The zero-order chi connectivity index (χ0) is 14.1. The van der Waals surface area contributed by atoms with Gasteiger partial charge in [-0.3, -0.25) is 10.1 Å². The molecule has 0 bridgehead atoms. The molecule has 1 aromatic heterocycles. The van der Waals surface area contributed by atoms with Gasteiger partial charge in [0.15, 0.2) is 0 Å². The zero-order valence-corrected chi connectivity index (χ0v) is 11.5. The highest BCUT2D eigenvalue weighted by Gasteiger charge is 2.22. The van der Waals surface area contributed by atoms with Gasteiger partial charge in [0, 0.05) is 16.6 Å². The molecule has 0 saturated carbocycles. The number of hydrogen-bond donors (Lipinski definition) is 1. The fraction of sp³-hybridized carbons (Fsp3) is 0.286. The first-order valence-electron chi connectivity index (χ1n) is 6.42. The molecule has 1 N–H and O–H groups in total. The average molecular weight is 292 g/mol. The Balaban J connectivity index is 1.86. The van der Waals surface area contributed by atoms with Crippen LogP contribution < -0.4 is 5.32 Å². The minimum absolute atomic E-state index is 0.148. The Hall–Kier alpha value is -1.95. The third-order valence-electron chi connectivity index (χ3n) is 3.54. The Morgan fingerprint density at radius 1 is 1.40 bits per heavy atom. The molecular weight excluding hydrogens is 279 g/mol. The largest absolute Gasteiger partial charge is 0.378 e. The van der Waals surface area contributed by atoms with Gasteiger partial charge in [-0.05, 0) is 48.4 Å². The maximum absolute atomic E-state index is 13.3. The standard InChI is InChI=1S/C14H13FN2O2S/c15-11-5-4-9(8-13(11)17(18)19)16-12-2-1-3-14-10(12)6-7-20-14/h4-8,12,16H,1-3H2. The summed E-state index contributed by atoms with van der Waals surface area (Å²) < 4.78 is 13.3. The minimum atomic E-state index is -0.805. The Bertz CT molecular complexity index is 656. The van der Waals surface area contributed by atoms with Crippen LogP contribution in [-0.4, -0.2) is 4.92 Å². The molecular formula is C14H13FN2O2S. The lowest BCUT2D eigenvalue weighted by Crippen LogP contribution is -2.15. The first-order valence-corrected chi connectivity index (χ1v) is 7.30. The van der Waals surface area contributed by atoms with Crippen LogP contribution in [-0.2, 0) is 6.42 Å². The molecule has 0 spiro atoms. The second-order valence-corrected chi connectivity index (χ2v) is 5.81. The molecule has 0 saturated heterocycles. The lowest BCUT2D eigenvalue weighted by molar-refractivity contribution is -0.387. The SMILES string of the molecule is O=[N+]([O-])c1cc(NC2CCCc3sccc32)ccc1F. The van der Waals surface area contributed by atoms with Crippen LogP contribution >= 0.6 is 11.3 Å². The van der Waals surface area contributed by atoms with E-state index in [2.05, 4.69) is 16.8 Å². The van der Waals surface area contributed by atoms with Crippen molar-refractivity contribution in [3.63, 3.8) is 0 Å². The molecule has 1 aromatic carbocycles. The van der Waals surface area contributed by atoms with Crippen LogP contribution in [0.1, 0.15) is 29.3 Å². The zero-order valence-electron chi connectivity index (χ0n) is 10.6. The topological polar surface area (TPSA) is 55.2 Å². The summed E-state index contributed by atoms with van der Waals surface area (Å²) in [5.74, 6) is -0.805. The highest BCUT2D eigenvalue weighted by molar-refractivity contribution is 7.10. The van der Waals surface area contributed by atoms with Crippen LogP contribution in [0.3, 0.4) is 0 Å². The Kier molecular flexibility index (Phi) is 3.40. The first kappa shape index (κ1) is 13.1. The molecule has 20 heavy (non-hydrogen) atoms. The number of nitro groups is 1. The number of anilines is 1. The molecule has 104 valence electrons.